The zero-order valence-corrected chi connectivity index (χ0v) is 54.6. The van der Waals surface area contributed by atoms with Crippen molar-refractivity contribution < 1.29 is 28.6 Å². The molecule has 6 nitrogen and oxygen atoms in total. The third kappa shape index (κ3) is 66.9. The van der Waals surface area contributed by atoms with Gasteiger partial charge in [-0.1, -0.05) is 373 Å². The standard InChI is InChI=1S/C74H142O6/c1-4-7-10-13-16-19-22-25-27-29-31-33-34-35-36-37-38-39-41-42-44-46-49-52-55-58-61-64-67-73(76)79-70-71(69-78-72(75)66-63-60-57-54-51-48-24-21-18-15-12-9-6-3)80-74(77)68-65-62-59-56-53-50-47-45-43-40-32-30-28-26-23-20-17-14-11-8-5-2/h30,32,71H,4-29,31,33-70H2,1-3H3/b32-30-. The van der Waals surface area contributed by atoms with E-state index in [9.17, 15) is 14.4 Å². The van der Waals surface area contributed by atoms with Gasteiger partial charge in [-0.2, -0.15) is 0 Å². The topological polar surface area (TPSA) is 78.9 Å². The zero-order chi connectivity index (χ0) is 57.8. The maximum absolute atomic E-state index is 13.0. The van der Waals surface area contributed by atoms with Gasteiger partial charge in [0.2, 0.25) is 0 Å². The molecule has 0 aliphatic heterocycles. The molecule has 0 rings (SSSR count). The molecule has 0 saturated heterocycles. The van der Waals surface area contributed by atoms with E-state index in [-0.39, 0.29) is 31.1 Å². The van der Waals surface area contributed by atoms with Crippen LogP contribution < -0.4 is 0 Å². The normalized spacial score (nSPS) is 12.0. The van der Waals surface area contributed by atoms with Crippen molar-refractivity contribution >= 4 is 17.9 Å². The average molecular weight is 1130 g/mol. The molecule has 0 N–H and O–H groups in total. The van der Waals surface area contributed by atoms with E-state index in [2.05, 4.69) is 32.9 Å². The SMILES string of the molecule is CCCCCCCCCC/C=C\CCCCCCCCCCCC(=O)OC(COC(=O)CCCCCCCCCCCCCCC)COC(=O)CCCCCCCCCCCCCCCCCCCCCCCCCCCCCC. The lowest BCUT2D eigenvalue weighted by molar-refractivity contribution is -0.167. The largest absolute Gasteiger partial charge is 0.462 e. The number of rotatable bonds is 69. The zero-order valence-electron chi connectivity index (χ0n) is 54.6. The van der Waals surface area contributed by atoms with Gasteiger partial charge in [0.25, 0.3) is 0 Å². The Hall–Kier alpha value is -1.85. The summed E-state index contributed by atoms with van der Waals surface area (Å²) in [5.74, 6) is -0.830. The molecule has 0 radical (unpaired) electrons. The van der Waals surface area contributed by atoms with E-state index in [1.807, 2.05) is 0 Å². The molecular formula is C74H142O6. The highest BCUT2D eigenvalue weighted by molar-refractivity contribution is 5.71. The minimum absolute atomic E-state index is 0.0638. The number of allylic oxidation sites excluding steroid dienone is 2. The fourth-order valence-corrected chi connectivity index (χ4v) is 11.5. The number of carbonyl (C=O) groups is 3. The predicted octanol–water partition coefficient (Wildman–Crippen LogP) is 25.2. The highest BCUT2D eigenvalue weighted by atomic mass is 16.6. The monoisotopic (exact) mass is 1130 g/mol. The molecule has 80 heavy (non-hydrogen) atoms. The summed E-state index contributed by atoms with van der Waals surface area (Å²) in [5.41, 5.74) is 0. The Labute approximate surface area is 501 Å². The molecule has 0 saturated carbocycles. The van der Waals surface area contributed by atoms with Crippen LogP contribution in [0, 0.1) is 0 Å². The number of esters is 3. The first-order valence-electron chi connectivity index (χ1n) is 36.7. The molecular weight excluding hydrogens is 985 g/mol. The van der Waals surface area contributed by atoms with Crippen molar-refractivity contribution in [3.8, 4) is 0 Å². The molecule has 6 heteroatoms. The van der Waals surface area contributed by atoms with Crippen molar-refractivity contribution in [1.29, 1.82) is 0 Å². The Kier molecular flexibility index (Phi) is 68.0. The van der Waals surface area contributed by atoms with E-state index >= 15 is 0 Å². The maximum atomic E-state index is 13.0. The van der Waals surface area contributed by atoms with Gasteiger partial charge >= 0.3 is 17.9 Å². The number of hydrogen-bond acceptors (Lipinski definition) is 6. The van der Waals surface area contributed by atoms with Crippen molar-refractivity contribution in [2.45, 2.75) is 431 Å². The first-order valence-corrected chi connectivity index (χ1v) is 36.7. The molecule has 1 atom stereocenters. The van der Waals surface area contributed by atoms with Gasteiger partial charge in [-0.05, 0) is 44.9 Å². The van der Waals surface area contributed by atoms with E-state index in [1.165, 1.54) is 327 Å². The van der Waals surface area contributed by atoms with Crippen LogP contribution in [0.4, 0.5) is 0 Å². The highest BCUT2D eigenvalue weighted by Crippen LogP contribution is 2.19. The number of carbonyl (C=O) groups excluding carboxylic acids is 3. The summed E-state index contributed by atoms with van der Waals surface area (Å²) in [6.45, 7) is 6.73. The molecule has 0 bridgehead atoms. The molecule has 0 fully saturated rings. The van der Waals surface area contributed by atoms with Gasteiger partial charge < -0.3 is 14.2 Å². The molecule has 0 aromatic rings. The van der Waals surface area contributed by atoms with Gasteiger partial charge in [0.15, 0.2) is 6.10 Å². The van der Waals surface area contributed by atoms with Crippen LogP contribution in [-0.4, -0.2) is 37.2 Å². The molecule has 474 valence electrons. The second-order valence-corrected chi connectivity index (χ2v) is 25.2. The van der Waals surface area contributed by atoms with Crippen LogP contribution in [0.15, 0.2) is 12.2 Å². The third-order valence-electron chi connectivity index (χ3n) is 17.0. The van der Waals surface area contributed by atoms with E-state index in [4.69, 9.17) is 14.2 Å². The molecule has 0 aliphatic rings. The van der Waals surface area contributed by atoms with Crippen LogP contribution in [0.25, 0.3) is 0 Å². The summed E-state index contributed by atoms with van der Waals surface area (Å²) in [6, 6.07) is 0. The Morgan fingerprint density at radius 3 is 0.625 bits per heavy atom. The van der Waals surface area contributed by atoms with Crippen LogP contribution in [0.2, 0.25) is 0 Å². The molecule has 0 amide bonds. The van der Waals surface area contributed by atoms with Crippen LogP contribution in [0.1, 0.15) is 425 Å². The number of unbranched alkanes of at least 4 members (excludes halogenated alkanes) is 56. The summed E-state index contributed by atoms with van der Waals surface area (Å²) >= 11 is 0. The smallest absolute Gasteiger partial charge is 0.306 e. The lowest BCUT2D eigenvalue weighted by atomic mass is 10.0. The third-order valence-corrected chi connectivity index (χ3v) is 17.0. The highest BCUT2D eigenvalue weighted by Gasteiger charge is 2.20. The fraction of sp³-hybridized carbons (Fsp3) is 0.932. The molecule has 0 aromatic heterocycles. The Balaban J connectivity index is 4.17. The number of hydrogen-bond donors (Lipinski definition) is 0. The lowest BCUT2D eigenvalue weighted by Gasteiger charge is -2.18. The van der Waals surface area contributed by atoms with Crippen LogP contribution >= 0.6 is 0 Å². The first-order chi connectivity index (χ1) is 39.5. The molecule has 0 spiro atoms. The van der Waals surface area contributed by atoms with Crippen molar-refractivity contribution in [2.24, 2.45) is 0 Å². The summed E-state index contributed by atoms with van der Waals surface area (Å²) < 4.78 is 17.0. The molecule has 1 unspecified atom stereocenters. The second-order valence-electron chi connectivity index (χ2n) is 25.2. The average Bonchev–Trinajstić information content (AvgIpc) is 3.46. The summed E-state index contributed by atoms with van der Waals surface area (Å²) in [4.78, 5) is 38.4. The van der Waals surface area contributed by atoms with Crippen LogP contribution in [0.3, 0.4) is 0 Å². The van der Waals surface area contributed by atoms with Gasteiger partial charge in [-0.15, -0.1) is 0 Å². The van der Waals surface area contributed by atoms with Crippen molar-refractivity contribution in [1.82, 2.24) is 0 Å². The summed E-state index contributed by atoms with van der Waals surface area (Å²) in [5, 5.41) is 0. The van der Waals surface area contributed by atoms with E-state index < -0.39 is 6.10 Å². The minimum Gasteiger partial charge on any atom is -0.462 e. The Morgan fingerprint density at radius 2 is 0.412 bits per heavy atom. The Bertz CT molecular complexity index is 1250. The fourth-order valence-electron chi connectivity index (χ4n) is 11.5. The Morgan fingerprint density at radius 1 is 0.237 bits per heavy atom. The molecule has 0 aliphatic carbocycles. The predicted molar refractivity (Wildman–Crippen MR) is 349 cm³/mol. The first kappa shape index (κ1) is 78.1. The summed E-state index contributed by atoms with van der Waals surface area (Å²) in [6.07, 6.45) is 84.0. The van der Waals surface area contributed by atoms with Gasteiger partial charge in [0, 0.05) is 19.3 Å². The quantitative estimate of drug-likeness (QED) is 0.0261. The molecule has 0 aromatic carbocycles. The maximum Gasteiger partial charge on any atom is 0.306 e. The van der Waals surface area contributed by atoms with E-state index in [1.54, 1.807) is 0 Å². The lowest BCUT2D eigenvalue weighted by Crippen LogP contribution is -2.30. The van der Waals surface area contributed by atoms with Crippen molar-refractivity contribution in [3.63, 3.8) is 0 Å². The van der Waals surface area contributed by atoms with E-state index in [0.717, 1.165) is 57.8 Å². The van der Waals surface area contributed by atoms with Gasteiger partial charge in [0.1, 0.15) is 13.2 Å². The van der Waals surface area contributed by atoms with Gasteiger partial charge in [0.05, 0.1) is 0 Å². The van der Waals surface area contributed by atoms with Gasteiger partial charge in [-0.3, -0.25) is 14.4 Å². The molecule has 0 heterocycles. The van der Waals surface area contributed by atoms with Crippen LogP contribution in [0.5, 0.6) is 0 Å². The number of ether oxygens (including phenoxy) is 3. The summed E-state index contributed by atoms with van der Waals surface area (Å²) in [7, 11) is 0. The minimum atomic E-state index is -0.767. The second kappa shape index (κ2) is 69.6. The van der Waals surface area contributed by atoms with E-state index in [0.29, 0.717) is 19.3 Å². The van der Waals surface area contributed by atoms with Crippen LogP contribution in [-0.2, 0) is 28.6 Å². The van der Waals surface area contributed by atoms with Gasteiger partial charge in [-0.25, -0.2) is 0 Å². The van der Waals surface area contributed by atoms with Crippen molar-refractivity contribution in [3.05, 3.63) is 12.2 Å². The van der Waals surface area contributed by atoms with Crippen molar-refractivity contribution in [2.75, 3.05) is 13.2 Å².